The maximum Gasteiger partial charge on any atom is 0.213 e. The van der Waals surface area contributed by atoms with Gasteiger partial charge in [0.25, 0.3) is 0 Å². The second-order valence-corrected chi connectivity index (χ2v) is 6.48. The predicted octanol–water partition coefficient (Wildman–Crippen LogP) is 3.93. The van der Waals surface area contributed by atoms with Gasteiger partial charge in [-0.25, -0.2) is 9.50 Å². The van der Waals surface area contributed by atoms with Crippen LogP contribution in [0.5, 0.6) is 0 Å². The maximum atomic E-state index is 9.71. The van der Waals surface area contributed by atoms with Crippen molar-refractivity contribution in [3.8, 4) is 22.4 Å². The number of rotatable bonds is 3. The molecule has 4 rings (SSSR count). The van der Waals surface area contributed by atoms with Crippen LogP contribution in [0.2, 0.25) is 0 Å². The highest BCUT2D eigenvalue weighted by atomic mass is 32.1. The molecule has 0 aliphatic rings. The van der Waals surface area contributed by atoms with E-state index in [9.17, 15) is 5.11 Å². The lowest BCUT2D eigenvalue weighted by Gasteiger charge is -2.04. The molecule has 0 bridgehead atoms. The van der Waals surface area contributed by atoms with E-state index in [4.69, 9.17) is 0 Å². The zero-order valence-corrected chi connectivity index (χ0v) is 13.4. The van der Waals surface area contributed by atoms with Crippen LogP contribution in [0.1, 0.15) is 10.7 Å². The molecule has 0 aliphatic carbocycles. The van der Waals surface area contributed by atoms with Crippen LogP contribution in [0.15, 0.2) is 54.6 Å². The van der Waals surface area contributed by atoms with E-state index in [-0.39, 0.29) is 6.61 Å². The SMILES string of the molecule is Cc1nn2c(CO)c(-c3ccc(-c4ccccc4)cc3)nc2s1. The molecule has 2 aromatic heterocycles. The summed E-state index contributed by atoms with van der Waals surface area (Å²) in [7, 11) is 0. The summed E-state index contributed by atoms with van der Waals surface area (Å²) < 4.78 is 1.74. The number of aliphatic hydroxyl groups excluding tert-OH is 1. The van der Waals surface area contributed by atoms with E-state index in [1.807, 2.05) is 37.3 Å². The van der Waals surface area contributed by atoms with Crippen molar-refractivity contribution in [2.75, 3.05) is 0 Å². The van der Waals surface area contributed by atoms with Crippen LogP contribution >= 0.6 is 11.3 Å². The predicted molar refractivity (Wildman–Crippen MR) is 92.4 cm³/mol. The Morgan fingerprint density at radius 3 is 2.30 bits per heavy atom. The molecule has 114 valence electrons. The molecular formula is C18H15N3OS. The minimum absolute atomic E-state index is 0.0832. The van der Waals surface area contributed by atoms with Gasteiger partial charge in [-0.05, 0) is 18.1 Å². The number of imidazole rings is 1. The van der Waals surface area contributed by atoms with Gasteiger partial charge in [-0.3, -0.25) is 0 Å². The van der Waals surface area contributed by atoms with Gasteiger partial charge in [-0.15, -0.1) is 0 Å². The van der Waals surface area contributed by atoms with Crippen molar-refractivity contribution in [1.29, 1.82) is 0 Å². The summed E-state index contributed by atoms with van der Waals surface area (Å²) in [6.07, 6.45) is 0. The van der Waals surface area contributed by atoms with Gasteiger partial charge in [0.05, 0.1) is 18.0 Å². The Morgan fingerprint density at radius 1 is 0.957 bits per heavy atom. The molecule has 0 fully saturated rings. The van der Waals surface area contributed by atoms with E-state index < -0.39 is 0 Å². The van der Waals surface area contributed by atoms with E-state index >= 15 is 0 Å². The van der Waals surface area contributed by atoms with E-state index in [0.717, 1.165) is 32.5 Å². The first-order chi connectivity index (χ1) is 11.3. The van der Waals surface area contributed by atoms with Crippen molar-refractivity contribution in [2.24, 2.45) is 0 Å². The molecule has 2 aromatic carbocycles. The molecule has 4 aromatic rings. The Hall–Kier alpha value is -2.50. The fourth-order valence-electron chi connectivity index (χ4n) is 2.71. The molecule has 0 radical (unpaired) electrons. The first kappa shape index (κ1) is 14.1. The number of aryl methyl sites for hydroxylation is 1. The Bertz CT molecular complexity index is 955. The van der Waals surface area contributed by atoms with Gasteiger partial charge in [0.15, 0.2) is 0 Å². The van der Waals surface area contributed by atoms with Crippen LogP contribution in [0.3, 0.4) is 0 Å². The fourth-order valence-corrected chi connectivity index (χ4v) is 3.47. The van der Waals surface area contributed by atoms with Crippen LogP contribution in [0, 0.1) is 6.92 Å². The average molecular weight is 321 g/mol. The molecule has 23 heavy (non-hydrogen) atoms. The summed E-state index contributed by atoms with van der Waals surface area (Å²) in [5.41, 5.74) is 4.87. The number of fused-ring (bicyclic) bond motifs is 1. The normalized spacial score (nSPS) is 11.2. The first-order valence-electron chi connectivity index (χ1n) is 7.38. The summed E-state index contributed by atoms with van der Waals surface area (Å²) in [5, 5.41) is 15.1. The van der Waals surface area contributed by atoms with Crippen molar-refractivity contribution in [1.82, 2.24) is 14.6 Å². The molecule has 1 N–H and O–H groups in total. The van der Waals surface area contributed by atoms with E-state index in [2.05, 4.69) is 34.3 Å². The van der Waals surface area contributed by atoms with Crippen LogP contribution in [0.25, 0.3) is 27.3 Å². The second kappa shape index (κ2) is 5.61. The Kier molecular flexibility index (Phi) is 3.44. The standard InChI is InChI=1S/C18H15N3OS/c1-12-20-21-16(11-22)17(19-18(21)23-12)15-9-7-14(8-10-15)13-5-3-2-4-6-13/h2-10,22H,11H2,1H3. The summed E-state index contributed by atoms with van der Waals surface area (Å²) in [5.74, 6) is 0. The van der Waals surface area contributed by atoms with Gasteiger partial charge in [0, 0.05) is 5.56 Å². The van der Waals surface area contributed by atoms with Crippen LogP contribution in [0.4, 0.5) is 0 Å². The number of hydrogen-bond acceptors (Lipinski definition) is 4. The summed E-state index contributed by atoms with van der Waals surface area (Å²) in [4.78, 5) is 5.45. The Balaban J connectivity index is 1.77. The van der Waals surface area contributed by atoms with Crippen molar-refractivity contribution in [3.05, 3.63) is 65.3 Å². The van der Waals surface area contributed by atoms with E-state index in [1.54, 1.807) is 4.52 Å². The lowest BCUT2D eigenvalue weighted by Crippen LogP contribution is -1.95. The molecule has 0 amide bonds. The molecule has 0 atom stereocenters. The summed E-state index contributed by atoms with van der Waals surface area (Å²) in [6.45, 7) is 1.86. The van der Waals surface area contributed by atoms with Crippen LogP contribution < -0.4 is 0 Å². The Labute approximate surface area is 137 Å². The molecule has 2 heterocycles. The first-order valence-corrected chi connectivity index (χ1v) is 8.19. The molecule has 0 saturated carbocycles. The highest BCUT2D eigenvalue weighted by Crippen LogP contribution is 2.29. The zero-order valence-electron chi connectivity index (χ0n) is 12.6. The minimum atomic E-state index is -0.0832. The maximum absolute atomic E-state index is 9.71. The third kappa shape index (κ3) is 2.44. The fraction of sp³-hybridized carbons (Fsp3) is 0.111. The van der Waals surface area contributed by atoms with Crippen molar-refractivity contribution in [2.45, 2.75) is 13.5 Å². The van der Waals surface area contributed by atoms with Gasteiger partial charge >= 0.3 is 0 Å². The summed E-state index contributed by atoms with van der Waals surface area (Å²) >= 11 is 1.53. The van der Waals surface area contributed by atoms with E-state index in [0.29, 0.717) is 0 Å². The molecule has 0 aliphatic heterocycles. The lowest BCUT2D eigenvalue weighted by molar-refractivity contribution is 0.275. The lowest BCUT2D eigenvalue weighted by atomic mass is 10.0. The highest BCUT2D eigenvalue weighted by Gasteiger charge is 2.16. The molecule has 4 nitrogen and oxygen atoms in total. The monoisotopic (exact) mass is 321 g/mol. The number of hydrogen-bond donors (Lipinski definition) is 1. The smallest absolute Gasteiger partial charge is 0.213 e. The largest absolute Gasteiger partial charge is 0.390 e. The van der Waals surface area contributed by atoms with Crippen molar-refractivity contribution >= 4 is 16.3 Å². The molecule has 0 saturated heterocycles. The van der Waals surface area contributed by atoms with Gasteiger partial charge < -0.3 is 5.11 Å². The molecule has 0 unspecified atom stereocenters. The van der Waals surface area contributed by atoms with Gasteiger partial charge in [-0.2, -0.15) is 5.10 Å². The molecule has 5 heteroatoms. The third-order valence-corrected chi connectivity index (χ3v) is 4.64. The van der Waals surface area contributed by atoms with E-state index in [1.165, 1.54) is 16.9 Å². The van der Waals surface area contributed by atoms with Gasteiger partial charge in [-0.1, -0.05) is 65.9 Å². The average Bonchev–Trinajstić information content (AvgIpc) is 3.11. The van der Waals surface area contributed by atoms with Crippen molar-refractivity contribution in [3.63, 3.8) is 0 Å². The number of benzene rings is 2. The van der Waals surface area contributed by atoms with Gasteiger partial charge in [0.2, 0.25) is 4.96 Å². The summed E-state index contributed by atoms with van der Waals surface area (Å²) in [6, 6.07) is 18.5. The zero-order chi connectivity index (χ0) is 15.8. The quantitative estimate of drug-likeness (QED) is 0.622. The van der Waals surface area contributed by atoms with Crippen LogP contribution in [-0.2, 0) is 6.61 Å². The topological polar surface area (TPSA) is 50.4 Å². The number of aliphatic hydroxyl groups is 1. The Morgan fingerprint density at radius 2 is 1.61 bits per heavy atom. The molecule has 0 spiro atoms. The van der Waals surface area contributed by atoms with Gasteiger partial charge in [0.1, 0.15) is 5.01 Å². The third-order valence-electron chi connectivity index (χ3n) is 3.81. The highest BCUT2D eigenvalue weighted by molar-refractivity contribution is 7.16. The van der Waals surface area contributed by atoms with Crippen LogP contribution in [-0.4, -0.2) is 19.7 Å². The number of aromatic nitrogens is 3. The number of nitrogens with zero attached hydrogens (tertiary/aromatic N) is 3. The second-order valence-electron chi connectivity index (χ2n) is 5.32. The molecular weight excluding hydrogens is 306 g/mol. The minimum Gasteiger partial charge on any atom is -0.390 e. The van der Waals surface area contributed by atoms with Crippen molar-refractivity contribution < 1.29 is 5.11 Å².